The number of aromatic amines is 1. The second-order valence-corrected chi connectivity index (χ2v) is 5.85. The molecule has 0 unspecified atom stereocenters. The summed E-state index contributed by atoms with van der Waals surface area (Å²) >= 11 is 1.23. The Labute approximate surface area is 133 Å². The Kier molecular flexibility index (Phi) is 5.77. The van der Waals surface area contributed by atoms with Gasteiger partial charge in [0.2, 0.25) is 5.91 Å². The molecule has 0 aliphatic carbocycles. The number of thioether (sulfide) groups is 1. The molecule has 6 heteroatoms. The Morgan fingerprint density at radius 2 is 2.09 bits per heavy atom. The van der Waals surface area contributed by atoms with E-state index in [4.69, 9.17) is 0 Å². The summed E-state index contributed by atoms with van der Waals surface area (Å²) in [5, 5.41) is 3.41. The summed E-state index contributed by atoms with van der Waals surface area (Å²) in [4.78, 5) is 30.4. The standard InChI is InChI=1S/C16H19N3O2S/c1-3-13-9-14(20)19-16(18-13)22-10-15(21)17-11(2)12-7-5-4-6-8-12/h4-9,11H,3,10H2,1-2H3,(H,17,21)(H,18,19,20)/t11-/m1/s1. The van der Waals surface area contributed by atoms with Crippen LogP contribution in [0, 0.1) is 0 Å². The Balaban J connectivity index is 1.90. The molecule has 2 aromatic rings. The molecule has 0 spiro atoms. The molecule has 2 N–H and O–H groups in total. The lowest BCUT2D eigenvalue weighted by Gasteiger charge is -2.13. The number of benzene rings is 1. The number of hydrogen-bond donors (Lipinski definition) is 2. The van der Waals surface area contributed by atoms with Crippen LogP contribution >= 0.6 is 11.8 Å². The van der Waals surface area contributed by atoms with Gasteiger partial charge in [0.1, 0.15) is 0 Å². The van der Waals surface area contributed by atoms with E-state index in [1.807, 2.05) is 44.2 Å². The van der Waals surface area contributed by atoms with E-state index in [1.165, 1.54) is 17.8 Å². The Hall–Kier alpha value is -2.08. The SMILES string of the molecule is CCc1cc(=O)[nH]c(SCC(=O)N[C@H](C)c2ccccc2)n1. The molecule has 0 aliphatic heterocycles. The van der Waals surface area contributed by atoms with Crippen LogP contribution < -0.4 is 10.9 Å². The third kappa shape index (κ3) is 4.73. The molecule has 0 bridgehead atoms. The molecule has 1 heterocycles. The maximum atomic E-state index is 12.0. The van der Waals surface area contributed by atoms with E-state index in [9.17, 15) is 9.59 Å². The van der Waals surface area contributed by atoms with Gasteiger partial charge < -0.3 is 10.3 Å². The van der Waals surface area contributed by atoms with Gasteiger partial charge in [-0.3, -0.25) is 9.59 Å². The maximum absolute atomic E-state index is 12.0. The number of carbonyl (C=O) groups is 1. The number of aryl methyl sites for hydroxylation is 1. The predicted molar refractivity (Wildman–Crippen MR) is 88.0 cm³/mol. The van der Waals surface area contributed by atoms with Crippen LogP contribution in [0.4, 0.5) is 0 Å². The van der Waals surface area contributed by atoms with Crippen LogP contribution in [0.5, 0.6) is 0 Å². The van der Waals surface area contributed by atoms with Gasteiger partial charge in [0, 0.05) is 11.8 Å². The van der Waals surface area contributed by atoms with Crippen molar-refractivity contribution in [2.24, 2.45) is 0 Å². The molecular formula is C16H19N3O2S. The molecule has 1 atom stereocenters. The van der Waals surface area contributed by atoms with Crippen LogP contribution in [-0.2, 0) is 11.2 Å². The third-order valence-electron chi connectivity index (χ3n) is 3.15. The van der Waals surface area contributed by atoms with Gasteiger partial charge in [0.15, 0.2) is 5.16 Å². The van der Waals surface area contributed by atoms with Gasteiger partial charge in [-0.25, -0.2) is 4.98 Å². The average Bonchev–Trinajstić information content (AvgIpc) is 2.53. The summed E-state index contributed by atoms with van der Waals surface area (Å²) < 4.78 is 0. The van der Waals surface area contributed by atoms with Crippen LogP contribution in [0.1, 0.15) is 31.1 Å². The van der Waals surface area contributed by atoms with Crippen molar-refractivity contribution in [3.8, 4) is 0 Å². The highest BCUT2D eigenvalue weighted by molar-refractivity contribution is 7.99. The number of amides is 1. The first kappa shape index (κ1) is 16.3. The van der Waals surface area contributed by atoms with Crippen LogP contribution in [0.25, 0.3) is 0 Å². The average molecular weight is 317 g/mol. The van der Waals surface area contributed by atoms with Crippen LogP contribution in [-0.4, -0.2) is 21.6 Å². The minimum Gasteiger partial charge on any atom is -0.349 e. The van der Waals surface area contributed by atoms with Crippen molar-refractivity contribution in [3.63, 3.8) is 0 Å². The van der Waals surface area contributed by atoms with E-state index in [1.54, 1.807) is 0 Å². The molecule has 1 aromatic heterocycles. The highest BCUT2D eigenvalue weighted by atomic mass is 32.2. The lowest BCUT2D eigenvalue weighted by Crippen LogP contribution is -2.28. The molecule has 1 aromatic carbocycles. The summed E-state index contributed by atoms with van der Waals surface area (Å²) in [6, 6.07) is 11.2. The molecule has 0 radical (unpaired) electrons. The van der Waals surface area contributed by atoms with E-state index >= 15 is 0 Å². The highest BCUT2D eigenvalue weighted by Gasteiger charge is 2.10. The maximum Gasteiger partial charge on any atom is 0.251 e. The second-order valence-electron chi connectivity index (χ2n) is 4.88. The van der Waals surface area contributed by atoms with E-state index < -0.39 is 0 Å². The van der Waals surface area contributed by atoms with Gasteiger partial charge in [-0.05, 0) is 18.9 Å². The Morgan fingerprint density at radius 3 is 2.77 bits per heavy atom. The highest BCUT2D eigenvalue weighted by Crippen LogP contribution is 2.14. The number of nitrogens with zero attached hydrogens (tertiary/aromatic N) is 1. The largest absolute Gasteiger partial charge is 0.349 e. The predicted octanol–water partition coefficient (Wildman–Crippen LogP) is 2.30. The van der Waals surface area contributed by atoms with Gasteiger partial charge in [0.25, 0.3) is 5.56 Å². The lowest BCUT2D eigenvalue weighted by molar-refractivity contribution is -0.119. The smallest absolute Gasteiger partial charge is 0.251 e. The van der Waals surface area contributed by atoms with Gasteiger partial charge in [0.05, 0.1) is 11.8 Å². The quantitative estimate of drug-likeness (QED) is 0.633. The summed E-state index contributed by atoms with van der Waals surface area (Å²) in [6.07, 6.45) is 0.689. The molecule has 5 nitrogen and oxygen atoms in total. The molecule has 2 rings (SSSR count). The van der Waals surface area contributed by atoms with Gasteiger partial charge in [-0.2, -0.15) is 0 Å². The molecule has 22 heavy (non-hydrogen) atoms. The van der Waals surface area contributed by atoms with Crippen molar-refractivity contribution in [2.45, 2.75) is 31.5 Å². The summed E-state index contributed by atoms with van der Waals surface area (Å²) in [5.74, 6) is 0.124. The van der Waals surface area contributed by atoms with Crippen molar-refractivity contribution in [2.75, 3.05) is 5.75 Å². The lowest BCUT2D eigenvalue weighted by atomic mass is 10.1. The summed E-state index contributed by atoms with van der Waals surface area (Å²) in [6.45, 7) is 3.88. The van der Waals surface area contributed by atoms with Crippen LogP contribution in [0.2, 0.25) is 0 Å². The van der Waals surface area contributed by atoms with Crippen molar-refractivity contribution < 1.29 is 4.79 Å². The normalized spacial score (nSPS) is 11.9. The van der Waals surface area contributed by atoms with Crippen molar-refractivity contribution in [3.05, 3.63) is 58.0 Å². The first-order valence-electron chi connectivity index (χ1n) is 7.16. The number of carbonyl (C=O) groups excluding carboxylic acids is 1. The van der Waals surface area contributed by atoms with Crippen LogP contribution in [0.3, 0.4) is 0 Å². The van der Waals surface area contributed by atoms with Crippen molar-refractivity contribution in [1.29, 1.82) is 0 Å². The molecule has 0 aliphatic rings. The third-order valence-corrected chi connectivity index (χ3v) is 4.03. The molecule has 1 amide bonds. The topological polar surface area (TPSA) is 74.8 Å². The number of rotatable bonds is 6. The first-order chi connectivity index (χ1) is 10.6. The summed E-state index contributed by atoms with van der Waals surface area (Å²) in [7, 11) is 0. The first-order valence-corrected chi connectivity index (χ1v) is 8.14. The van der Waals surface area contributed by atoms with E-state index in [0.29, 0.717) is 11.6 Å². The van der Waals surface area contributed by atoms with Crippen molar-refractivity contribution in [1.82, 2.24) is 15.3 Å². The monoisotopic (exact) mass is 317 g/mol. The number of nitrogens with one attached hydrogen (secondary N) is 2. The molecular weight excluding hydrogens is 298 g/mol. The van der Waals surface area contributed by atoms with E-state index in [0.717, 1.165) is 11.3 Å². The number of H-pyrrole nitrogens is 1. The zero-order chi connectivity index (χ0) is 15.9. The zero-order valence-electron chi connectivity index (χ0n) is 12.6. The minimum atomic E-state index is -0.188. The molecule has 0 saturated carbocycles. The van der Waals surface area contributed by atoms with Gasteiger partial charge in [-0.1, -0.05) is 49.0 Å². The summed E-state index contributed by atoms with van der Waals surface area (Å²) in [5.41, 5.74) is 1.59. The number of aromatic nitrogens is 2. The Morgan fingerprint density at radius 1 is 1.36 bits per heavy atom. The fourth-order valence-electron chi connectivity index (χ4n) is 1.98. The second kappa shape index (κ2) is 7.79. The number of hydrogen-bond acceptors (Lipinski definition) is 4. The molecule has 0 fully saturated rings. The zero-order valence-corrected chi connectivity index (χ0v) is 13.4. The van der Waals surface area contributed by atoms with E-state index in [-0.39, 0.29) is 23.3 Å². The van der Waals surface area contributed by atoms with Gasteiger partial charge >= 0.3 is 0 Å². The van der Waals surface area contributed by atoms with E-state index in [2.05, 4.69) is 15.3 Å². The minimum absolute atomic E-state index is 0.0525. The van der Waals surface area contributed by atoms with Crippen LogP contribution in [0.15, 0.2) is 46.3 Å². The van der Waals surface area contributed by atoms with Crippen molar-refractivity contribution >= 4 is 17.7 Å². The molecule has 116 valence electrons. The van der Waals surface area contributed by atoms with Gasteiger partial charge in [-0.15, -0.1) is 0 Å². The molecule has 0 saturated heterocycles. The fraction of sp³-hybridized carbons (Fsp3) is 0.312. The fourth-order valence-corrected chi connectivity index (χ4v) is 2.68. The Bertz CT molecular complexity index is 685.